The average molecular weight is 323 g/mol. The number of hydrogen-bond acceptors (Lipinski definition) is 2. The molecule has 0 aliphatic carbocycles. The van der Waals surface area contributed by atoms with Gasteiger partial charge in [-0.05, 0) is 19.3 Å². The van der Waals surface area contributed by atoms with Crippen LogP contribution in [0.25, 0.3) is 0 Å². The Labute approximate surface area is 144 Å². The second-order valence-electron chi connectivity index (χ2n) is 6.52. The van der Waals surface area contributed by atoms with Crippen LogP contribution in [-0.2, 0) is 9.53 Å². The second-order valence-corrected chi connectivity index (χ2v) is 6.52. The second kappa shape index (κ2) is 19.1. The molecule has 0 N–H and O–H groups in total. The molecule has 0 aliphatic rings. The quantitative estimate of drug-likeness (QED) is 0.175. The highest BCUT2D eigenvalue weighted by molar-refractivity contribution is 5.69. The van der Waals surface area contributed by atoms with Crippen molar-refractivity contribution in [3.05, 3.63) is 0 Å². The van der Waals surface area contributed by atoms with Gasteiger partial charge in [-0.2, -0.15) is 0 Å². The molecule has 23 heavy (non-hydrogen) atoms. The van der Waals surface area contributed by atoms with Crippen LogP contribution < -0.4 is 0 Å². The maximum atomic E-state index is 11.6. The molecule has 0 amide bonds. The highest BCUT2D eigenvalue weighted by Crippen LogP contribution is 2.10. The van der Waals surface area contributed by atoms with Crippen molar-refractivity contribution in [3.8, 4) is 12.3 Å². The van der Waals surface area contributed by atoms with Crippen LogP contribution in [-0.4, -0.2) is 12.6 Å². The van der Waals surface area contributed by atoms with E-state index in [0.717, 1.165) is 32.1 Å². The number of ether oxygens (including phenoxy) is 1. The minimum atomic E-state index is -0.0136. The molecule has 0 bridgehead atoms. The Balaban J connectivity index is 3.15. The van der Waals surface area contributed by atoms with Crippen LogP contribution in [0.1, 0.15) is 110 Å². The highest BCUT2D eigenvalue weighted by Gasteiger charge is 2.02. The van der Waals surface area contributed by atoms with Crippen molar-refractivity contribution in [2.75, 3.05) is 6.61 Å². The minimum absolute atomic E-state index is 0.0136. The SMILES string of the molecule is C#CCCCCCCCCC(=O)OCCCCCCCCCC. The molecular weight excluding hydrogens is 284 g/mol. The summed E-state index contributed by atoms with van der Waals surface area (Å²) >= 11 is 0. The molecule has 0 saturated heterocycles. The first-order valence-corrected chi connectivity index (χ1v) is 9.90. The molecule has 2 nitrogen and oxygen atoms in total. The van der Waals surface area contributed by atoms with E-state index in [4.69, 9.17) is 11.2 Å². The summed E-state index contributed by atoms with van der Waals surface area (Å²) in [4.78, 5) is 11.6. The number of esters is 1. The monoisotopic (exact) mass is 322 g/mol. The summed E-state index contributed by atoms with van der Waals surface area (Å²) < 4.78 is 5.29. The zero-order valence-electron chi connectivity index (χ0n) is 15.4. The third-order valence-electron chi connectivity index (χ3n) is 4.21. The molecule has 0 fully saturated rings. The summed E-state index contributed by atoms with van der Waals surface area (Å²) in [6.45, 7) is 2.86. The van der Waals surface area contributed by atoms with E-state index in [1.165, 1.54) is 64.2 Å². The summed E-state index contributed by atoms with van der Waals surface area (Å²) in [6, 6.07) is 0. The lowest BCUT2D eigenvalue weighted by Gasteiger charge is -2.05. The Bertz CT molecular complexity index is 291. The molecular formula is C21H38O2. The molecule has 0 aromatic rings. The summed E-state index contributed by atoms with van der Waals surface area (Å²) in [5.74, 6) is 2.65. The normalized spacial score (nSPS) is 10.4. The number of rotatable bonds is 17. The Morgan fingerprint density at radius 2 is 1.30 bits per heavy atom. The maximum Gasteiger partial charge on any atom is 0.305 e. The van der Waals surface area contributed by atoms with Crippen molar-refractivity contribution in [3.63, 3.8) is 0 Å². The van der Waals surface area contributed by atoms with Crippen LogP contribution in [0, 0.1) is 12.3 Å². The summed E-state index contributed by atoms with van der Waals surface area (Å²) in [7, 11) is 0. The summed E-state index contributed by atoms with van der Waals surface area (Å²) in [6.07, 6.45) is 23.8. The predicted molar refractivity (Wildman–Crippen MR) is 99.3 cm³/mol. The van der Waals surface area contributed by atoms with Crippen molar-refractivity contribution < 1.29 is 9.53 Å². The predicted octanol–water partition coefficient (Wildman–Crippen LogP) is 6.42. The number of carbonyl (C=O) groups is 1. The van der Waals surface area contributed by atoms with Crippen LogP contribution in [0.3, 0.4) is 0 Å². The largest absolute Gasteiger partial charge is 0.466 e. The van der Waals surface area contributed by atoms with Gasteiger partial charge in [-0.25, -0.2) is 0 Å². The number of terminal acetylenes is 1. The molecule has 0 aromatic carbocycles. The van der Waals surface area contributed by atoms with Crippen molar-refractivity contribution in [2.24, 2.45) is 0 Å². The van der Waals surface area contributed by atoms with Gasteiger partial charge in [-0.3, -0.25) is 4.79 Å². The van der Waals surface area contributed by atoms with Gasteiger partial charge in [0, 0.05) is 12.8 Å². The lowest BCUT2D eigenvalue weighted by atomic mass is 10.1. The van der Waals surface area contributed by atoms with E-state index in [2.05, 4.69) is 12.8 Å². The Kier molecular flexibility index (Phi) is 18.3. The molecule has 0 atom stereocenters. The Morgan fingerprint density at radius 1 is 0.783 bits per heavy atom. The van der Waals surface area contributed by atoms with Crippen LogP contribution in [0.15, 0.2) is 0 Å². The number of hydrogen-bond donors (Lipinski definition) is 0. The Morgan fingerprint density at radius 3 is 1.91 bits per heavy atom. The van der Waals surface area contributed by atoms with E-state index in [1.54, 1.807) is 0 Å². The van der Waals surface area contributed by atoms with E-state index < -0.39 is 0 Å². The van der Waals surface area contributed by atoms with E-state index >= 15 is 0 Å². The third kappa shape index (κ3) is 19.0. The van der Waals surface area contributed by atoms with Crippen molar-refractivity contribution in [1.82, 2.24) is 0 Å². The topological polar surface area (TPSA) is 26.3 Å². The smallest absolute Gasteiger partial charge is 0.305 e. The first-order valence-electron chi connectivity index (χ1n) is 9.90. The lowest BCUT2D eigenvalue weighted by molar-refractivity contribution is -0.143. The van der Waals surface area contributed by atoms with E-state index in [0.29, 0.717) is 13.0 Å². The highest BCUT2D eigenvalue weighted by atomic mass is 16.5. The fraction of sp³-hybridized carbons (Fsp3) is 0.857. The molecule has 0 radical (unpaired) electrons. The fourth-order valence-electron chi connectivity index (χ4n) is 2.70. The first kappa shape index (κ1) is 22.0. The fourth-order valence-corrected chi connectivity index (χ4v) is 2.70. The molecule has 0 unspecified atom stereocenters. The van der Waals surface area contributed by atoms with Crippen LogP contribution >= 0.6 is 0 Å². The first-order chi connectivity index (χ1) is 11.3. The summed E-state index contributed by atoms with van der Waals surface area (Å²) in [5.41, 5.74) is 0. The van der Waals surface area contributed by atoms with Crippen molar-refractivity contribution in [1.29, 1.82) is 0 Å². The van der Waals surface area contributed by atoms with Crippen LogP contribution in [0.4, 0.5) is 0 Å². The van der Waals surface area contributed by atoms with E-state index in [-0.39, 0.29) is 5.97 Å². The molecule has 0 rings (SSSR count). The molecule has 0 aromatic heterocycles. The average Bonchev–Trinajstić information content (AvgIpc) is 2.56. The van der Waals surface area contributed by atoms with Gasteiger partial charge in [-0.15, -0.1) is 12.3 Å². The van der Waals surface area contributed by atoms with Gasteiger partial charge < -0.3 is 4.74 Å². The number of carbonyl (C=O) groups excluding carboxylic acids is 1. The maximum absolute atomic E-state index is 11.6. The molecule has 0 saturated carbocycles. The minimum Gasteiger partial charge on any atom is -0.466 e. The summed E-state index contributed by atoms with van der Waals surface area (Å²) in [5, 5.41) is 0. The van der Waals surface area contributed by atoms with Crippen molar-refractivity contribution in [2.45, 2.75) is 110 Å². The third-order valence-corrected chi connectivity index (χ3v) is 4.21. The van der Waals surface area contributed by atoms with Crippen LogP contribution in [0.2, 0.25) is 0 Å². The molecule has 2 heteroatoms. The van der Waals surface area contributed by atoms with Crippen LogP contribution in [0.5, 0.6) is 0 Å². The molecule has 134 valence electrons. The Hall–Kier alpha value is -0.970. The van der Waals surface area contributed by atoms with Gasteiger partial charge >= 0.3 is 5.97 Å². The standard InChI is InChI=1S/C21H38O2/c1-3-5-7-9-11-13-15-17-19-21(22)23-20-18-16-14-12-10-8-6-4-2/h1H,4-20H2,2H3. The van der Waals surface area contributed by atoms with Gasteiger partial charge in [0.2, 0.25) is 0 Å². The van der Waals surface area contributed by atoms with Gasteiger partial charge in [0.25, 0.3) is 0 Å². The van der Waals surface area contributed by atoms with Gasteiger partial charge in [-0.1, -0.05) is 77.6 Å². The number of unbranched alkanes of at least 4 members (excludes halogenated alkanes) is 13. The zero-order chi connectivity index (χ0) is 17.0. The van der Waals surface area contributed by atoms with E-state index in [1.807, 2.05) is 0 Å². The lowest BCUT2D eigenvalue weighted by Crippen LogP contribution is -2.05. The molecule has 0 aliphatic heterocycles. The van der Waals surface area contributed by atoms with Gasteiger partial charge in [0.1, 0.15) is 0 Å². The van der Waals surface area contributed by atoms with Gasteiger partial charge in [0.15, 0.2) is 0 Å². The zero-order valence-corrected chi connectivity index (χ0v) is 15.4. The van der Waals surface area contributed by atoms with E-state index in [9.17, 15) is 4.79 Å². The molecule has 0 spiro atoms. The van der Waals surface area contributed by atoms with Crippen molar-refractivity contribution >= 4 is 5.97 Å². The molecule has 0 heterocycles. The van der Waals surface area contributed by atoms with Gasteiger partial charge in [0.05, 0.1) is 6.61 Å².